The Bertz CT molecular complexity index is 241. The Labute approximate surface area is 103 Å². The van der Waals surface area contributed by atoms with E-state index in [1.165, 1.54) is 0 Å². The third-order valence-electron chi connectivity index (χ3n) is 2.46. The standard InChI is InChI=1S/C12H23NO4/c1-4-6-17-7-5-11(14)13-8-10(9(2)3)12(15)16/h9-10H,4-8H2,1-3H3,(H,13,14)(H,15,16). The summed E-state index contributed by atoms with van der Waals surface area (Å²) in [5, 5.41) is 11.5. The number of carbonyl (C=O) groups excluding carboxylic acids is 1. The minimum atomic E-state index is -0.873. The second kappa shape index (κ2) is 8.98. The average Bonchev–Trinajstić information content (AvgIpc) is 2.23. The van der Waals surface area contributed by atoms with Crippen molar-refractivity contribution in [3.63, 3.8) is 0 Å². The van der Waals surface area contributed by atoms with Crippen LogP contribution in [0.15, 0.2) is 0 Å². The van der Waals surface area contributed by atoms with E-state index in [-0.39, 0.29) is 24.8 Å². The van der Waals surface area contributed by atoms with Gasteiger partial charge >= 0.3 is 5.97 Å². The first-order valence-electron chi connectivity index (χ1n) is 6.06. The van der Waals surface area contributed by atoms with Gasteiger partial charge in [-0.15, -0.1) is 0 Å². The molecule has 0 saturated carbocycles. The molecule has 0 aromatic rings. The van der Waals surface area contributed by atoms with Crippen molar-refractivity contribution in [1.82, 2.24) is 5.32 Å². The van der Waals surface area contributed by atoms with Gasteiger partial charge in [-0.05, 0) is 12.3 Å². The van der Waals surface area contributed by atoms with Crippen LogP contribution in [0.1, 0.15) is 33.6 Å². The topological polar surface area (TPSA) is 75.6 Å². The lowest BCUT2D eigenvalue weighted by Gasteiger charge is -2.16. The van der Waals surface area contributed by atoms with E-state index in [0.717, 1.165) is 6.42 Å². The Morgan fingerprint density at radius 1 is 1.29 bits per heavy atom. The summed E-state index contributed by atoms with van der Waals surface area (Å²) in [5.41, 5.74) is 0. The summed E-state index contributed by atoms with van der Waals surface area (Å²) in [4.78, 5) is 22.2. The summed E-state index contributed by atoms with van der Waals surface area (Å²) >= 11 is 0. The molecule has 0 spiro atoms. The minimum absolute atomic E-state index is 0.00383. The van der Waals surface area contributed by atoms with Crippen molar-refractivity contribution in [3.8, 4) is 0 Å². The van der Waals surface area contributed by atoms with E-state index in [4.69, 9.17) is 9.84 Å². The fourth-order valence-electron chi connectivity index (χ4n) is 1.33. The summed E-state index contributed by atoms with van der Waals surface area (Å²) in [6.07, 6.45) is 1.21. The molecular formula is C12H23NO4. The van der Waals surface area contributed by atoms with Gasteiger partial charge in [0, 0.05) is 19.6 Å². The molecule has 0 rings (SSSR count). The van der Waals surface area contributed by atoms with Gasteiger partial charge in [0.2, 0.25) is 5.91 Å². The van der Waals surface area contributed by atoms with Crippen molar-refractivity contribution in [2.45, 2.75) is 33.6 Å². The molecule has 1 amide bonds. The number of hydrogen-bond donors (Lipinski definition) is 2. The van der Waals surface area contributed by atoms with Crippen LogP contribution in [0.25, 0.3) is 0 Å². The molecule has 5 heteroatoms. The zero-order chi connectivity index (χ0) is 13.3. The summed E-state index contributed by atoms with van der Waals surface area (Å²) in [7, 11) is 0. The second-order valence-corrected chi connectivity index (χ2v) is 4.36. The Morgan fingerprint density at radius 2 is 1.94 bits per heavy atom. The first-order chi connectivity index (χ1) is 7.99. The average molecular weight is 245 g/mol. The van der Waals surface area contributed by atoms with E-state index < -0.39 is 11.9 Å². The van der Waals surface area contributed by atoms with Gasteiger partial charge in [-0.25, -0.2) is 0 Å². The molecule has 100 valence electrons. The molecule has 1 atom stereocenters. The molecule has 0 fully saturated rings. The van der Waals surface area contributed by atoms with Gasteiger partial charge in [0.25, 0.3) is 0 Å². The third-order valence-corrected chi connectivity index (χ3v) is 2.46. The van der Waals surface area contributed by atoms with Crippen molar-refractivity contribution >= 4 is 11.9 Å². The van der Waals surface area contributed by atoms with Crippen LogP contribution >= 0.6 is 0 Å². The van der Waals surface area contributed by atoms with E-state index in [0.29, 0.717) is 13.2 Å². The van der Waals surface area contributed by atoms with Crippen molar-refractivity contribution in [1.29, 1.82) is 0 Å². The summed E-state index contributed by atoms with van der Waals surface area (Å²) < 4.78 is 5.18. The van der Waals surface area contributed by atoms with E-state index in [1.807, 2.05) is 20.8 Å². The van der Waals surface area contributed by atoms with Crippen molar-refractivity contribution in [3.05, 3.63) is 0 Å². The van der Waals surface area contributed by atoms with Gasteiger partial charge in [0.05, 0.1) is 12.5 Å². The van der Waals surface area contributed by atoms with Gasteiger partial charge in [0.1, 0.15) is 0 Å². The number of rotatable bonds is 9. The quantitative estimate of drug-likeness (QED) is 0.600. The maximum Gasteiger partial charge on any atom is 0.308 e. The van der Waals surface area contributed by atoms with Crippen LogP contribution in [-0.2, 0) is 14.3 Å². The highest BCUT2D eigenvalue weighted by molar-refractivity contribution is 5.77. The van der Waals surface area contributed by atoms with E-state index in [1.54, 1.807) is 0 Å². The lowest BCUT2D eigenvalue weighted by Crippen LogP contribution is -2.35. The first-order valence-corrected chi connectivity index (χ1v) is 6.06. The zero-order valence-electron chi connectivity index (χ0n) is 10.9. The maximum absolute atomic E-state index is 11.4. The molecule has 0 aromatic carbocycles. The number of carboxylic acid groups (broad SMARTS) is 1. The Hall–Kier alpha value is -1.10. The van der Waals surface area contributed by atoms with Gasteiger partial charge < -0.3 is 15.2 Å². The predicted molar refractivity (Wildman–Crippen MR) is 64.7 cm³/mol. The molecule has 0 aromatic heterocycles. The maximum atomic E-state index is 11.4. The molecule has 1 unspecified atom stereocenters. The summed E-state index contributed by atoms with van der Waals surface area (Å²) in [5.74, 6) is -1.56. The number of carbonyl (C=O) groups is 2. The molecule has 2 N–H and O–H groups in total. The highest BCUT2D eigenvalue weighted by atomic mass is 16.5. The van der Waals surface area contributed by atoms with E-state index in [9.17, 15) is 9.59 Å². The highest BCUT2D eigenvalue weighted by Crippen LogP contribution is 2.09. The van der Waals surface area contributed by atoms with Crippen LogP contribution < -0.4 is 5.32 Å². The van der Waals surface area contributed by atoms with Crippen LogP contribution in [0.5, 0.6) is 0 Å². The molecule has 0 saturated heterocycles. The smallest absolute Gasteiger partial charge is 0.308 e. The van der Waals surface area contributed by atoms with Gasteiger partial charge in [0.15, 0.2) is 0 Å². The molecule has 5 nitrogen and oxygen atoms in total. The van der Waals surface area contributed by atoms with E-state index >= 15 is 0 Å². The van der Waals surface area contributed by atoms with Crippen LogP contribution in [-0.4, -0.2) is 36.7 Å². The lowest BCUT2D eigenvalue weighted by atomic mass is 9.96. The van der Waals surface area contributed by atoms with E-state index in [2.05, 4.69) is 5.32 Å². The molecule has 0 aliphatic rings. The number of nitrogens with one attached hydrogen (secondary N) is 1. The zero-order valence-corrected chi connectivity index (χ0v) is 10.9. The second-order valence-electron chi connectivity index (χ2n) is 4.36. The number of aliphatic carboxylic acids is 1. The van der Waals surface area contributed by atoms with Crippen molar-refractivity contribution < 1.29 is 19.4 Å². The molecule has 0 aliphatic carbocycles. The number of ether oxygens (including phenoxy) is 1. The molecule has 0 bridgehead atoms. The number of hydrogen-bond acceptors (Lipinski definition) is 3. The monoisotopic (exact) mass is 245 g/mol. The fraction of sp³-hybridized carbons (Fsp3) is 0.833. The number of amides is 1. The Morgan fingerprint density at radius 3 is 2.41 bits per heavy atom. The van der Waals surface area contributed by atoms with Crippen molar-refractivity contribution in [2.75, 3.05) is 19.8 Å². The van der Waals surface area contributed by atoms with Crippen LogP contribution in [0, 0.1) is 11.8 Å². The van der Waals surface area contributed by atoms with Crippen LogP contribution in [0.3, 0.4) is 0 Å². The predicted octanol–water partition coefficient (Wildman–Crippen LogP) is 1.28. The SMILES string of the molecule is CCCOCCC(=O)NCC(C(=O)O)C(C)C. The minimum Gasteiger partial charge on any atom is -0.481 e. The molecule has 17 heavy (non-hydrogen) atoms. The first kappa shape index (κ1) is 15.9. The number of carboxylic acids is 1. The van der Waals surface area contributed by atoms with Crippen LogP contribution in [0.2, 0.25) is 0 Å². The highest BCUT2D eigenvalue weighted by Gasteiger charge is 2.21. The molecule has 0 aliphatic heterocycles. The van der Waals surface area contributed by atoms with Gasteiger partial charge in [-0.3, -0.25) is 9.59 Å². The molecular weight excluding hydrogens is 222 g/mol. The summed E-state index contributed by atoms with van der Waals surface area (Å²) in [6, 6.07) is 0. The van der Waals surface area contributed by atoms with Crippen LogP contribution in [0.4, 0.5) is 0 Å². The molecule has 0 radical (unpaired) electrons. The fourth-order valence-corrected chi connectivity index (χ4v) is 1.33. The summed E-state index contributed by atoms with van der Waals surface area (Å²) in [6.45, 7) is 6.88. The van der Waals surface area contributed by atoms with Gasteiger partial charge in [-0.1, -0.05) is 20.8 Å². The van der Waals surface area contributed by atoms with Crippen molar-refractivity contribution in [2.24, 2.45) is 11.8 Å². The molecule has 0 heterocycles. The Balaban J connectivity index is 3.77. The largest absolute Gasteiger partial charge is 0.481 e. The lowest BCUT2D eigenvalue weighted by molar-refractivity contribution is -0.143. The normalized spacial score (nSPS) is 12.5. The van der Waals surface area contributed by atoms with Gasteiger partial charge in [-0.2, -0.15) is 0 Å². The Kier molecular flexibility index (Phi) is 8.40. The third kappa shape index (κ3) is 7.74.